The van der Waals surface area contributed by atoms with Crippen LogP contribution in [-0.2, 0) is 0 Å². The van der Waals surface area contributed by atoms with E-state index in [2.05, 4.69) is 29.8 Å². The number of ether oxygens (including phenoxy) is 2. The Hall–Kier alpha value is -0.700. The number of alkyl halides is 1. The molecule has 3 atom stereocenters. The van der Waals surface area contributed by atoms with Gasteiger partial charge in [-0.15, -0.1) is 0 Å². The number of rotatable bonds is 4. The molecule has 0 N–H and O–H groups in total. The zero-order chi connectivity index (χ0) is 12.5. The van der Waals surface area contributed by atoms with Crippen molar-refractivity contribution >= 4 is 15.9 Å². The van der Waals surface area contributed by atoms with Gasteiger partial charge in [0, 0.05) is 10.2 Å². The Labute approximate surface area is 111 Å². The molecule has 1 aromatic carbocycles. The molecule has 0 spiro atoms. The normalized spacial score (nSPS) is 31.8. The van der Waals surface area contributed by atoms with E-state index in [1.165, 1.54) is 0 Å². The molecular weight excluding hydrogens is 280 g/mol. The molecule has 1 aliphatic carbocycles. The van der Waals surface area contributed by atoms with Gasteiger partial charge in [-0.05, 0) is 37.1 Å². The number of benzene rings is 1. The van der Waals surface area contributed by atoms with Gasteiger partial charge in [0.25, 0.3) is 0 Å². The molecule has 2 nitrogen and oxygen atoms in total. The third-order valence-corrected chi connectivity index (χ3v) is 5.39. The summed E-state index contributed by atoms with van der Waals surface area (Å²) in [5.41, 5.74) is 0.250. The maximum Gasteiger partial charge on any atom is 0.120 e. The van der Waals surface area contributed by atoms with Gasteiger partial charge < -0.3 is 9.47 Å². The molecule has 1 saturated carbocycles. The molecule has 0 aliphatic heterocycles. The van der Waals surface area contributed by atoms with Crippen molar-refractivity contribution in [2.75, 3.05) is 7.11 Å². The van der Waals surface area contributed by atoms with Crippen LogP contribution in [0.2, 0.25) is 0 Å². The summed E-state index contributed by atoms with van der Waals surface area (Å²) in [5, 5.41) is 0. The molecule has 0 saturated heterocycles. The lowest BCUT2D eigenvalue weighted by molar-refractivity contribution is -0.0243. The van der Waals surface area contributed by atoms with Gasteiger partial charge in [0.1, 0.15) is 17.6 Å². The van der Waals surface area contributed by atoms with Gasteiger partial charge in [-0.3, -0.25) is 0 Å². The van der Waals surface area contributed by atoms with Crippen LogP contribution in [0.15, 0.2) is 24.3 Å². The summed E-state index contributed by atoms with van der Waals surface area (Å²) in [6.45, 7) is 4.50. The highest BCUT2D eigenvalue weighted by molar-refractivity contribution is 9.09. The Balaban J connectivity index is 2.02. The third-order valence-electron chi connectivity index (χ3n) is 3.97. The van der Waals surface area contributed by atoms with Crippen LogP contribution in [0.4, 0.5) is 0 Å². The predicted octanol–water partition coefficient (Wildman–Crippen LogP) is 4.03. The second-order valence-electron chi connectivity index (χ2n) is 4.84. The van der Waals surface area contributed by atoms with E-state index >= 15 is 0 Å². The average Bonchev–Trinajstić information content (AvgIpc) is 2.38. The van der Waals surface area contributed by atoms with Crippen LogP contribution >= 0.6 is 15.9 Å². The molecule has 0 bridgehead atoms. The van der Waals surface area contributed by atoms with Crippen LogP contribution in [0.25, 0.3) is 0 Å². The molecule has 0 heterocycles. The fourth-order valence-electron chi connectivity index (χ4n) is 2.22. The topological polar surface area (TPSA) is 18.5 Å². The van der Waals surface area contributed by atoms with Crippen molar-refractivity contribution in [3.63, 3.8) is 0 Å². The van der Waals surface area contributed by atoms with Crippen molar-refractivity contribution in [1.29, 1.82) is 0 Å². The second-order valence-corrected chi connectivity index (χ2v) is 5.95. The molecule has 94 valence electrons. The van der Waals surface area contributed by atoms with E-state index in [1.54, 1.807) is 7.11 Å². The van der Waals surface area contributed by atoms with Crippen molar-refractivity contribution in [3.8, 4) is 11.5 Å². The van der Waals surface area contributed by atoms with Crippen molar-refractivity contribution in [3.05, 3.63) is 24.3 Å². The monoisotopic (exact) mass is 298 g/mol. The van der Waals surface area contributed by atoms with Crippen molar-refractivity contribution in [2.24, 2.45) is 5.41 Å². The molecule has 3 heteroatoms. The molecule has 17 heavy (non-hydrogen) atoms. The van der Waals surface area contributed by atoms with E-state index in [9.17, 15) is 0 Å². The van der Waals surface area contributed by atoms with Crippen molar-refractivity contribution in [2.45, 2.75) is 37.6 Å². The van der Waals surface area contributed by atoms with Crippen LogP contribution in [-0.4, -0.2) is 18.0 Å². The summed E-state index contributed by atoms with van der Waals surface area (Å²) in [6.07, 6.45) is 2.52. The first-order valence-electron chi connectivity index (χ1n) is 6.05. The Morgan fingerprint density at radius 3 is 2.35 bits per heavy atom. The summed E-state index contributed by atoms with van der Waals surface area (Å²) < 4.78 is 11.2. The van der Waals surface area contributed by atoms with E-state index in [0.29, 0.717) is 10.9 Å². The van der Waals surface area contributed by atoms with E-state index in [0.717, 1.165) is 24.3 Å². The lowest BCUT2D eigenvalue weighted by Crippen LogP contribution is -2.54. The zero-order valence-electron chi connectivity index (χ0n) is 10.6. The van der Waals surface area contributed by atoms with Gasteiger partial charge in [-0.2, -0.15) is 0 Å². The van der Waals surface area contributed by atoms with Gasteiger partial charge in [0.05, 0.1) is 7.11 Å². The lowest BCUT2D eigenvalue weighted by Gasteiger charge is -2.50. The van der Waals surface area contributed by atoms with Gasteiger partial charge in [0.15, 0.2) is 0 Å². The Morgan fingerprint density at radius 2 is 1.88 bits per heavy atom. The van der Waals surface area contributed by atoms with Gasteiger partial charge in [-0.1, -0.05) is 29.8 Å². The highest BCUT2D eigenvalue weighted by Gasteiger charge is 2.50. The van der Waals surface area contributed by atoms with Crippen molar-refractivity contribution < 1.29 is 9.47 Å². The summed E-state index contributed by atoms with van der Waals surface area (Å²) in [6, 6.07) is 7.80. The summed E-state index contributed by atoms with van der Waals surface area (Å²) >= 11 is 3.72. The van der Waals surface area contributed by atoms with Crippen LogP contribution < -0.4 is 9.47 Å². The third kappa shape index (κ3) is 2.30. The van der Waals surface area contributed by atoms with Gasteiger partial charge >= 0.3 is 0 Å². The van der Waals surface area contributed by atoms with Crippen molar-refractivity contribution in [1.82, 2.24) is 0 Å². The van der Waals surface area contributed by atoms with Crippen LogP contribution in [0.5, 0.6) is 11.5 Å². The lowest BCUT2D eigenvalue weighted by atomic mass is 9.65. The van der Waals surface area contributed by atoms with Crippen LogP contribution in [0.1, 0.15) is 26.7 Å². The molecule has 0 amide bonds. The largest absolute Gasteiger partial charge is 0.497 e. The smallest absolute Gasteiger partial charge is 0.120 e. The first-order chi connectivity index (χ1) is 8.10. The quantitative estimate of drug-likeness (QED) is 0.782. The Bertz CT molecular complexity index is 376. The minimum absolute atomic E-state index is 0.250. The first kappa shape index (κ1) is 12.7. The highest BCUT2D eigenvalue weighted by Crippen LogP contribution is 2.50. The number of hydrogen-bond donors (Lipinski definition) is 0. The van der Waals surface area contributed by atoms with E-state index < -0.39 is 0 Å². The molecular formula is C14H19BrO2. The maximum absolute atomic E-state index is 6.04. The SMILES string of the molecule is CCC1(C)C(Br)CC1Oc1ccc(OC)cc1. The van der Waals surface area contributed by atoms with E-state index in [1.807, 2.05) is 24.3 Å². The number of hydrogen-bond acceptors (Lipinski definition) is 2. The maximum atomic E-state index is 6.04. The number of methoxy groups -OCH3 is 1. The fourth-order valence-corrected chi connectivity index (χ4v) is 3.18. The average molecular weight is 299 g/mol. The van der Waals surface area contributed by atoms with Crippen LogP contribution in [0, 0.1) is 5.41 Å². The van der Waals surface area contributed by atoms with E-state index in [-0.39, 0.29) is 5.41 Å². The van der Waals surface area contributed by atoms with Gasteiger partial charge in [0.2, 0.25) is 0 Å². The molecule has 1 fully saturated rings. The zero-order valence-corrected chi connectivity index (χ0v) is 12.2. The van der Waals surface area contributed by atoms with Crippen LogP contribution in [0.3, 0.4) is 0 Å². The summed E-state index contributed by atoms with van der Waals surface area (Å²) in [7, 11) is 1.67. The number of halogens is 1. The van der Waals surface area contributed by atoms with E-state index in [4.69, 9.17) is 9.47 Å². The Morgan fingerprint density at radius 1 is 1.29 bits per heavy atom. The predicted molar refractivity (Wildman–Crippen MR) is 73.1 cm³/mol. The minimum atomic E-state index is 0.250. The summed E-state index contributed by atoms with van der Waals surface area (Å²) in [4.78, 5) is 0.572. The molecule has 0 aromatic heterocycles. The fraction of sp³-hybridized carbons (Fsp3) is 0.571. The first-order valence-corrected chi connectivity index (χ1v) is 6.96. The minimum Gasteiger partial charge on any atom is -0.497 e. The molecule has 1 aromatic rings. The molecule has 2 rings (SSSR count). The highest BCUT2D eigenvalue weighted by atomic mass is 79.9. The summed E-state index contributed by atoms with van der Waals surface area (Å²) in [5.74, 6) is 1.79. The molecule has 1 aliphatic rings. The standard InChI is InChI=1S/C14H19BrO2/c1-4-14(2)12(15)9-13(14)17-11-7-5-10(16-3)6-8-11/h5-8,12-13H,4,9H2,1-3H3. The molecule has 0 radical (unpaired) electrons. The second kappa shape index (κ2) is 4.89. The Kier molecular flexibility index (Phi) is 3.67. The molecule has 3 unspecified atom stereocenters. The van der Waals surface area contributed by atoms with Gasteiger partial charge in [-0.25, -0.2) is 0 Å².